The van der Waals surface area contributed by atoms with Gasteiger partial charge in [-0.15, -0.1) is 6.58 Å². The lowest BCUT2D eigenvalue weighted by atomic mass is 9.86. The topological polar surface area (TPSA) is 95.9 Å². The SMILES string of the molecule is C=CCN(CC(=O)O)C(=O)C(NC(=O)OCC1c2ccccc2-c2ccccc21)C(C)(C)C. The first kappa shape index (κ1) is 24.0. The summed E-state index contributed by atoms with van der Waals surface area (Å²) in [6, 6.07) is 15.1. The van der Waals surface area contributed by atoms with Crippen LogP contribution >= 0.6 is 0 Å². The predicted octanol–water partition coefficient (Wildman–Crippen LogP) is 4.04. The van der Waals surface area contributed by atoms with Crippen molar-refractivity contribution < 1.29 is 24.2 Å². The molecule has 0 heterocycles. The molecular weight excluding hydrogens is 420 g/mol. The number of carbonyl (C=O) groups is 3. The summed E-state index contributed by atoms with van der Waals surface area (Å²) >= 11 is 0. The fourth-order valence-corrected chi connectivity index (χ4v) is 4.14. The molecule has 0 aliphatic heterocycles. The molecule has 0 saturated heterocycles. The van der Waals surface area contributed by atoms with Gasteiger partial charge in [0.2, 0.25) is 5.91 Å². The van der Waals surface area contributed by atoms with Crippen molar-refractivity contribution in [2.24, 2.45) is 5.41 Å². The zero-order valence-corrected chi connectivity index (χ0v) is 19.2. The van der Waals surface area contributed by atoms with Crippen molar-refractivity contribution in [2.45, 2.75) is 32.7 Å². The van der Waals surface area contributed by atoms with Gasteiger partial charge in [-0.3, -0.25) is 9.59 Å². The zero-order valence-electron chi connectivity index (χ0n) is 19.2. The monoisotopic (exact) mass is 450 g/mol. The summed E-state index contributed by atoms with van der Waals surface area (Å²) < 4.78 is 5.58. The minimum Gasteiger partial charge on any atom is -0.480 e. The minimum atomic E-state index is -1.14. The largest absolute Gasteiger partial charge is 0.480 e. The fourth-order valence-electron chi connectivity index (χ4n) is 4.14. The Balaban J connectivity index is 1.73. The van der Waals surface area contributed by atoms with Crippen molar-refractivity contribution in [2.75, 3.05) is 19.7 Å². The number of alkyl carbamates (subject to hydrolysis) is 1. The van der Waals surface area contributed by atoms with Gasteiger partial charge in [0.15, 0.2) is 0 Å². The smallest absolute Gasteiger partial charge is 0.407 e. The van der Waals surface area contributed by atoms with Crippen molar-refractivity contribution in [3.05, 3.63) is 72.3 Å². The predicted molar refractivity (Wildman–Crippen MR) is 126 cm³/mol. The summed E-state index contributed by atoms with van der Waals surface area (Å²) in [5.41, 5.74) is 3.76. The normalized spacial score (nSPS) is 13.4. The average Bonchev–Trinajstić information content (AvgIpc) is 3.08. The number of hydrogen-bond acceptors (Lipinski definition) is 4. The molecule has 174 valence electrons. The highest BCUT2D eigenvalue weighted by molar-refractivity contribution is 5.89. The van der Waals surface area contributed by atoms with Gasteiger partial charge < -0.3 is 20.1 Å². The molecule has 2 amide bonds. The van der Waals surface area contributed by atoms with Gasteiger partial charge in [-0.1, -0.05) is 75.4 Å². The number of hydrogen-bond donors (Lipinski definition) is 2. The molecule has 2 aromatic carbocycles. The summed E-state index contributed by atoms with van der Waals surface area (Å²) in [5.74, 6) is -1.74. The third-order valence-electron chi connectivity index (χ3n) is 5.71. The van der Waals surface area contributed by atoms with Gasteiger partial charge in [0.25, 0.3) is 0 Å². The first-order valence-electron chi connectivity index (χ1n) is 10.9. The molecule has 0 fully saturated rings. The van der Waals surface area contributed by atoms with Crippen LogP contribution in [0.3, 0.4) is 0 Å². The second-order valence-corrected chi connectivity index (χ2v) is 9.17. The van der Waals surface area contributed by atoms with Crippen LogP contribution in [0.2, 0.25) is 0 Å². The molecule has 0 bridgehead atoms. The van der Waals surface area contributed by atoms with Crippen LogP contribution in [0.4, 0.5) is 4.79 Å². The summed E-state index contributed by atoms with van der Waals surface area (Å²) in [4.78, 5) is 38.2. The number of amides is 2. The Hall–Kier alpha value is -3.61. The Morgan fingerprint density at radius 2 is 1.64 bits per heavy atom. The lowest BCUT2D eigenvalue weighted by Crippen LogP contribution is -2.55. The molecule has 1 aliphatic carbocycles. The Kier molecular flexibility index (Phi) is 7.21. The van der Waals surface area contributed by atoms with Gasteiger partial charge in [-0.25, -0.2) is 4.79 Å². The van der Waals surface area contributed by atoms with Crippen molar-refractivity contribution in [1.29, 1.82) is 0 Å². The van der Waals surface area contributed by atoms with E-state index in [-0.39, 0.29) is 19.1 Å². The molecule has 2 aromatic rings. The quantitative estimate of drug-likeness (QED) is 0.592. The zero-order chi connectivity index (χ0) is 24.2. The number of carbonyl (C=O) groups excluding carboxylic acids is 2. The standard InChI is InChI=1S/C26H30N2O5/c1-5-14-28(15-22(29)30)24(31)23(26(2,3)4)27-25(32)33-16-21-19-12-8-6-10-17(19)18-11-7-9-13-20(18)21/h5-13,21,23H,1,14-16H2,2-4H3,(H,27,32)(H,29,30). The fraction of sp³-hybridized carbons (Fsp3) is 0.346. The molecule has 33 heavy (non-hydrogen) atoms. The Morgan fingerprint density at radius 3 is 2.12 bits per heavy atom. The minimum absolute atomic E-state index is 0.0596. The number of nitrogens with zero attached hydrogens (tertiary/aromatic N) is 1. The van der Waals surface area contributed by atoms with E-state index in [1.165, 1.54) is 6.08 Å². The van der Waals surface area contributed by atoms with Gasteiger partial charge >= 0.3 is 12.1 Å². The van der Waals surface area contributed by atoms with E-state index in [2.05, 4.69) is 24.0 Å². The van der Waals surface area contributed by atoms with E-state index in [0.29, 0.717) is 0 Å². The highest BCUT2D eigenvalue weighted by Crippen LogP contribution is 2.44. The lowest BCUT2D eigenvalue weighted by molar-refractivity contribution is -0.146. The van der Waals surface area contributed by atoms with E-state index in [0.717, 1.165) is 27.2 Å². The Morgan fingerprint density at radius 1 is 1.09 bits per heavy atom. The Labute approximate surface area is 194 Å². The summed E-state index contributed by atoms with van der Waals surface area (Å²) in [5, 5.41) is 11.8. The van der Waals surface area contributed by atoms with Crippen LogP contribution in [-0.4, -0.2) is 53.7 Å². The van der Waals surface area contributed by atoms with Crippen molar-refractivity contribution in [3.8, 4) is 11.1 Å². The van der Waals surface area contributed by atoms with E-state index in [1.54, 1.807) is 20.8 Å². The number of rotatable bonds is 8. The molecule has 0 radical (unpaired) electrons. The molecule has 0 aromatic heterocycles. The molecule has 1 aliphatic rings. The van der Waals surface area contributed by atoms with Crippen LogP contribution in [0, 0.1) is 5.41 Å². The molecule has 1 atom stereocenters. The van der Waals surface area contributed by atoms with E-state index in [4.69, 9.17) is 9.84 Å². The highest BCUT2D eigenvalue weighted by Gasteiger charge is 2.37. The molecule has 1 unspecified atom stereocenters. The van der Waals surface area contributed by atoms with E-state index in [9.17, 15) is 14.4 Å². The number of ether oxygens (including phenoxy) is 1. The number of nitrogens with one attached hydrogen (secondary N) is 1. The second-order valence-electron chi connectivity index (χ2n) is 9.17. The molecule has 0 spiro atoms. The third-order valence-corrected chi connectivity index (χ3v) is 5.71. The maximum atomic E-state index is 13.1. The molecule has 7 heteroatoms. The number of benzene rings is 2. The molecule has 7 nitrogen and oxygen atoms in total. The summed E-state index contributed by atoms with van der Waals surface area (Å²) in [6.07, 6.45) is 0.729. The molecule has 0 saturated carbocycles. The van der Waals surface area contributed by atoms with Crippen molar-refractivity contribution in [1.82, 2.24) is 10.2 Å². The summed E-state index contributed by atoms with van der Waals surface area (Å²) in [6.45, 7) is 8.68. The summed E-state index contributed by atoms with van der Waals surface area (Å²) in [7, 11) is 0. The van der Waals surface area contributed by atoms with Crippen molar-refractivity contribution >= 4 is 18.0 Å². The number of carboxylic acid groups (broad SMARTS) is 1. The highest BCUT2D eigenvalue weighted by atomic mass is 16.5. The van der Waals surface area contributed by atoms with Crippen LogP contribution in [0.5, 0.6) is 0 Å². The maximum Gasteiger partial charge on any atom is 0.407 e. The maximum absolute atomic E-state index is 13.1. The molecule has 3 rings (SSSR count). The lowest BCUT2D eigenvalue weighted by Gasteiger charge is -2.33. The van der Waals surface area contributed by atoms with Crippen LogP contribution < -0.4 is 5.32 Å². The first-order valence-corrected chi connectivity index (χ1v) is 10.9. The van der Waals surface area contributed by atoms with Crippen LogP contribution in [0.25, 0.3) is 11.1 Å². The van der Waals surface area contributed by atoms with Gasteiger partial charge in [-0.05, 0) is 27.7 Å². The van der Waals surface area contributed by atoms with Gasteiger partial charge in [0.05, 0.1) is 0 Å². The number of carboxylic acids is 1. The van der Waals surface area contributed by atoms with E-state index in [1.807, 2.05) is 36.4 Å². The van der Waals surface area contributed by atoms with Gasteiger partial charge in [-0.2, -0.15) is 0 Å². The van der Waals surface area contributed by atoms with Gasteiger partial charge in [0, 0.05) is 12.5 Å². The first-order chi connectivity index (χ1) is 15.6. The van der Waals surface area contributed by atoms with E-state index < -0.39 is 36.0 Å². The van der Waals surface area contributed by atoms with Gasteiger partial charge in [0.1, 0.15) is 19.2 Å². The van der Waals surface area contributed by atoms with Crippen molar-refractivity contribution in [3.63, 3.8) is 0 Å². The third kappa shape index (κ3) is 5.42. The van der Waals surface area contributed by atoms with Crippen LogP contribution in [0.1, 0.15) is 37.8 Å². The van der Waals surface area contributed by atoms with Crippen LogP contribution in [-0.2, 0) is 14.3 Å². The van der Waals surface area contributed by atoms with Crippen LogP contribution in [0.15, 0.2) is 61.2 Å². The second kappa shape index (κ2) is 9.90. The Bertz CT molecular complexity index is 1010. The van der Waals surface area contributed by atoms with E-state index >= 15 is 0 Å². The molecular formula is C26H30N2O5. The average molecular weight is 451 g/mol. The number of aliphatic carboxylic acids is 1. The molecule has 2 N–H and O–H groups in total. The number of fused-ring (bicyclic) bond motifs is 3.